The Bertz CT molecular complexity index is 708. The van der Waals surface area contributed by atoms with Gasteiger partial charge in [0.15, 0.2) is 0 Å². The van der Waals surface area contributed by atoms with Gasteiger partial charge in [-0.3, -0.25) is 10.6 Å². The highest BCUT2D eigenvalue weighted by atomic mass is 16.5. The lowest BCUT2D eigenvalue weighted by molar-refractivity contribution is 0.414. The molecule has 0 aromatic heterocycles. The molecule has 0 aliphatic carbocycles. The molecule has 2 atom stereocenters. The Hall–Kier alpha value is -3.06. The van der Waals surface area contributed by atoms with Crippen LogP contribution in [0.2, 0.25) is 0 Å². The van der Waals surface area contributed by atoms with Gasteiger partial charge in [-0.15, -0.1) is 0 Å². The first-order chi connectivity index (χ1) is 13.2. The second kappa shape index (κ2) is 10.8. The molecule has 0 radical (unpaired) electrons. The number of hydrogen-bond acceptors (Lipinski definition) is 6. The van der Waals surface area contributed by atoms with Crippen molar-refractivity contribution in [3.63, 3.8) is 0 Å². The molecule has 0 aliphatic heterocycles. The Morgan fingerprint density at radius 1 is 0.741 bits per heavy atom. The molecule has 2 aromatic rings. The molecule has 0 amide bonds. The molecule has 0 bridgehead atoms. The number of hydrogen-bond donors (Lipinski definition) is 2. The smallest absolute Gasteiger partial charge is 0.121 e. The molecule has 2 aromatic carbocycles. The van der Waals surface area contributed by atoms with Crippen molar-refractivity contribution in [3.8, 4) is 23.6 Å². The maximum atomic E-state index is 9.37. The molecular formula is C21H24N4O2. The minimum absolute atomic E-state index is 0.371. The number of benzene rings is 2. The summed E-state index contributed by atoms with van der Waals surface area (Å²) in [6.07, 6.45) is 0.794. The van der Waals surface area contributed by atoms with Crippen LogP contribution in [0.1, 0.15) is 29.6 Å². The molecule has 2 rings (SSSR count). The number of nitrogens with one attached hydrogen (secondary N) is 2. The zero-order valence-electron chi connectivity index (χ0n) is 15.6. The molecular weight excluding hydrogens is 340 g/mol. The zero-order chi connectivity index (χ0) is 19.5. The van der Waals surface area contributed by atoms with Crippen molar-refractivity contribution in [2.75, 3.05) is 27.3 Å². The summed E-state index contributed by atoms with van der Waals surface area (Å²) >= 11 is 0. The normalized spacial score (nSPS) is 12.4. The van der Waals surface area contributed by atoms with Crippen molar-refractivity contribution in [1.29, 1.82) is 10.5 Å². The minimum Gasteiger partial charge on any atom is -0.497 e. The highest BCUT2D eigenvalue weighted by Gasteiger charge is 2.11. The van der Waals surface area contributed by atoms with E-state index in [1.165, 1.54) is 0 Å². The van der Waals surface area contributed by atoms with Crippen molar-refractivity contribution in [1.82, 2.24) is 10.6 Å². The van der Waals surface area contributed by atoms with Gasteiger partial charge in [0.05, 0.1) is 26.4 Å². The minimum atomic E-state index is -0.371. The molecule has 0 heterocycles. The Morgan fingerprint density at radius 3 is 1.41 bits per heavy atom. The van der Waals surface area contributed by atoms with E-state index in [1.54, 1.807) is 14.2 Å². The van der Waals surface area contributed by atoms with E-state index in [0.29, 0.717) is 13.1 Å². The van der Waals surface area contributed by atoms with Crippen LogP contribution in [0.15, 0.2) is 48.5 Å². The van der Waals surface area contributed by atoms with Gasteiger partial charge in [0.2, 0.25) is 0 Å². The maximum absolute atomic E-state index is 9.37. The van der Waals surface area contributed by atoms with E-state index in [1.807, 2.05) is 48.5 Å². The number of nitrogens with zero attached hydrogens (tertiary/aromatic N) is 2. The van der Waals surface area contributed by atoms with Gasteiger partial charge in [-0.1, -0.05) is 24.3 Å². The van der Waals surface area contributed by atoms with E-state index in [0.717, 1.165) is 29.0 Å². The third-order valence-electron chi connectivity index (χ3n) is 4.21. The van der Waals surface area contributed by atoms with Crippen molar-refractivity contribution in [2.45, 2.75) is 18.5 Å². The molecule has 6 nitrogen and oxygen atoms in total. The molecule has 2 N–H and O–H groups in total. The molecule has 0 aliphatic rings. The van der Waals surface area contributed by atoms with Gasteiger partial charge in [0.1, 0.15) is 23.6 Å². The molecule has 6 heteroatoms. The summed E-state index contributed by atoms with van der Waals surface area (Å²) in [6.45, 7) is 1.33. The van der Waals surface area contributed by atoms with Gasteiger partial charge in [0, 0.05) is 0 Å². The third-order valence-corrected chi connectivity index (χ3v) is 4.21. The lowest BCUT2D eigenvalue weighted by atomic mass is 10.1. The van der Waals surface area contributed by atoms with Crippen LogP contribution in [0.5, 0.6) is 11.5 Å². The molecule has 0 spiro atoms. The Labute approximate surface area is 160 Å². The van der Waals surface area contributed by atoms with Crippen molar-refractivity contribution in [2.24, 2.45) is 0 Å². The van der Waals surface area contributed by atoms with Crippen LogP contribution in [0.3, 0.4) is 0 Å². The van der Waals surface area contributed by atoms with Gasteiger partial charge in [-0.05, 0) is 54.9 Å². The van der Waals surface area contributed by atoms with Crippen LogP contribution in [0.25, 0.3) is 0 Å². The molecule has 0 saturated carbocycles. The first-order valence-corrected chi connectivity index (χ1v) is 8.75. The first-order valence-electron chi connectivity index (χ1n) is 8.75. The van der Waals surface area contributed by atoms with Crippen LogP contribution in [-0.4, -0.2) is 27.3 Å². The second-order valence-corrected chi connectivity index (χ2v) is 5.93. The summed E-state index contributed by atoms with van der Waals surface area (Å²) in [7, 11) is 3.23. The van der Waals surface area contributed by atoms with Crippen molar-refractivity contribution < 1.29 is 9.47 Å². The van der Waals surface area contributed by atoms with Gasteiger partial charge < -0.3 is 9.47 Å². The van der Waals surface area contributed by atoms with Crippen molar-refractivity contribution >= 4 is 0 Å². The summed E-state index contributed by atoms with van der Waals surface area (Å²) in [5.74, 6) is 1.53. The number of methoxy groups -OCH3 is 2. The summed E-state index contributed by atoms with van der Waals surface area (Å²) in [5.41, 5.74) is 1.80. The fraction of sp³-hybridized carbons (Fsp3) is 0.333. The average Bonchev–Trinajstić information content (AvgIpc) is 2.74. The van der Waals surface area contributed by atoms with E-state index in [2.05, 4.69) is 22.8 Å². The van der Waals surface area contributed by atoms with Crippen molar-refractivity contribution in [3.05, 3.63) is 59.7 Å². The van der Waals surface area contributed by atoms with Gasteiger partial charge in [0.25, 0.3) is 0 Å². The number of rotatable bonds is 10. The summed E-state index contributed by atoms with van der Waals surface area (Å²) in [6, 6.07) is 18.7. The zero-order valence-corrected chi connectivity index (χ0v) is 15.6. The van der Waals surface area contributed by atoms with Gasteiger partial charge >= 0.3 is 0 Å². The molecule has 140 valence electrons. The van der Waals surface area contributed by atoms with E-state index in [9.17, 15) is 10.5 Å². The summed E-state index contributed by atoms with van der Waals surface area (Å²) in [4.78, 5) is 0. The molecule has 0 saturated heterocycles. The summed E-state index contributed by atoms with van der Waals surface area (Å²) < 4.78 is 10.3. The SMILES string of the molecule is COc1ccc([C@H](C#N)NCCCN[C@@H](C#N)c2ccc(OC)cc2)cc1. The Kier molecular flexibility index (Phi) is 8.12. The van der Waals surface area contributed by atoms with Gasteiger partial charge in [-0.2, -0.15) is 10.5 Å². The van der Waals surface area contributed by atoms with E-state index in [4.69, 9.17) is 9.47 Å². The van der Waals surface area contributed by atoms with E-state index < -0.39 is 0 Å². The third kappa shape index (κ3) is 6.00. The highest BCUT2D eigenvalue weighted by Crippen LogP contribution is 2.18. The lowest BCUT2D eigenvalue weighted by Crippen LogP contribution is -2.26. The fourth-order valence-electron chi connectivity index (χ4n) is 2.65. The molecule has 0 unspecified atom stereocenters. The number of ether oxygens (including phenoxy) is 2. The Balaban J connectivity index is 1.77. The fourth-order valence-corrected chi connectivity index (χ4v) is 2.65. The van der Waals surface area contributed by atoms with E-state index in [-0.39, 0.29) is 12.1 Å². The standard InChI is InChI=1S/C21H24N4O2/c1-26-18-8-4-16(5-9-18)20(14-22)24-12-3-13-25-21(15-23)17-6-10-19(27-2)11-7-17/h4-11,20-21,24-25H,3,12-13H2,1-2H3/t20-,21-/m0/s1. The predicted octanol–water partition coefficient (Wildman–Crippen LogP) is 3.10. The predicted molar refractivity (Wildman–Crippen MR) is 103 cm³/mol. The topological polar surface area (TPSA) is 90.1 Å². The number of nitriles is 2. The van der Waals surface area contributed by atoms with Crippen LogP contribution in [0.4, 0.5) is 0 Å². The van der Waals surface area contributed by atoms with Crippen LogP contribution < -0.4 is 20.1 Å². The van der Waals surface area contributed by atoms with Crippen LogP contribution >= 0.6 is 0 Å². The lowest BCUT2D eigenvalue weighted by Gasteiger charge is -2.14. The Morgan fingerprint density at radius 2 is 1.11 bits per heavy atom. The quantitative estimate of drug-likeness (QED) is 0.630. The van der Waals surface area contributed by atoms with E-state index >= 15 is 0 Å². The highest BCUT2D eigenvalue weighted by molar-refractivity contribution is 5.32. The summed E-state index contributed by atoms with van der Waals surface area (Å²) in [5, 5.41) is 25.2. The maximum Gasteiger partial charge on any atom is 0.121 e. The second-order valence-electron chi connectivity index (χ2n) is 5.93. The molecule has 27 heavy (non-hydrogen) atoms. The monoisotopic (exact) mass is 364 g/mol. The molecule has 0 fully saturated rings. The average molecular weight is 364 g/mol. The first kappa shape index (κ1) is 20.3. The van der Waals surface area contributed by atoms with Crippen LogP contribution in [-0.2, 0) is 0 Å². The van der Waals surface area contributed by atoms with Crippen LogP contribution in [0, 0.1) is 22.7 Å². The van der Waals surface area contributed by atoms with Gasteiger partial charge in [-0.25, -0.2) is 0 Å². The largest absolute Gasteiger partial charge is 0.497 e.